The van der Waals surface area contributed by atoms with E-state index >= 15 is 0 Å². The van der Waals surface area contributed by atoms with Crippen LogP contribution < -0.4 is 10.1 Å². The van der Waals surface area contributed by atoms with Crippen molar-refractivity contribution in [3.63, 3.8) is 0 Å². The minimum atomic E-state index is -0.789. The number of hydrogen-bond donors (Lipinski definition) is 1. The summed E-state index contributed by atoms with van der Waals surface area (Å²) in [5.74, 6) is -0.0923. The molecule has 0 fully saturated rings. The van der Waals surface area contributed by atoms with Crippen LogP contribution in [0.25, 0.3) is 0 Å². The maximum absolute atomic E-state index is 13.5. The largest absolute Gasteiger partial charge is 0.484 e. The molecule has 8 heteroatoms. The maximum Gasteiger partial charge on any atom is 0.261 e. The third-order valence-electron chi connectivity index (χ3n) is 5.40. The van der Waals surface area contributed by atoms with Crippen molar-refractivity contribution >= 4 is 50.9 Å². The van der Waals surface area contributed by atoms with Crippen molar-refractivity contribution in [3.8, 4) is 5.75 Å². The van der Waals surface area contributed by atoms with E-state index in [-0.39, 0.29) is 25.0 Å². The van der Waals surface area contributed by atoms with Gasteiger partial charge in [-0.25, -0.2) is 0 Å². The average molecular weight is 564 g/mol. The monoisotopic (exact) mass is 562 g/mol. The quantitative estimate of drug-likeness (QED) is 0.356. The number of benzene rings is 3. The van der Waals surface area contributed by atoms with Crippen molar-refractivity contribution in [1.82, 2.24) is 10.2 Å². The molecule has 0 aromatic heterocycles. The van der Waals surface area contributed by atoms with Crippen LogP contribution in [0.5, 0.6) is 5.75 Å². The summed E-state index contributed by atoms with van der Waals surface area (Å²) in [7, 11) is 1.55. The number of rotatable bonds is 9. The highest BCUT2D eigenvalue weighted by Crippen LogP contribution is 2.27. The van der Waals surface area contributed by atoms with Gasteiger partial charge in [-0.2, -0.15) is 0 Å². The lowest BCUT2D eigenvalue weighted by atomic mass is 10.0. The summed E-state index contributed by atoms with van der Waals surface area (Å²) in [5, 5.41) is 3.52. The zero-order chi connectivity index (χ0) is 24.7. The maximum atomic E-state index is 13.5. The van der Waals surface area contributed by atoms with Gasteiger partial charge in [0.25, 0.3) is 5.91 Å². The molecule has 34 heavy (non-hydrogen) atoms. The molecule has 178 valence electrons. The van der Waals surface area contributed by atoms with Crippen LogP contribution in [-0.2, 0) is 22.6 Å². The molecule has 5 nitrogen and oxygen atoms in total. The van der Waals surface area contributed by atoms with Gasteiger partial charge in [-0.05, 0) is 48.4 Å². The summed E-state index contributed by atoms with van der Waals surface area (Å²) >= 11 is 16.3. The second-order valence-corrected chi connectivity index (χ2v) is 9.41. The first kappa shape index (κ1) is 26.1. The Hall–Kier alpha value is -2.54. The van der Waals surface area contributed by atoms with Crippen molar-refractivity contribution in [2.24, 2.45) is 0 Å². The SMILES string of the molecule is CNC(=O)[C@@H](Cc1ccccc1)N(Cc1c(Cl)cccc1Cl)C(=O)COc1ccc(Br)c(C)c1. The fourth-order valence-electron chi connectivity index (χ4n) is 3.51. The van der Waals surface area contributed by atoms with Crippen LogP contribution >= 0.6 is 39.1 Å². The number of carbonyl (C=O) groups excluding carboxylic acids is 2. The van der Waals surface area contributed by atoms with Crippen LogP contribution in [0.4, 0.5) is 0 Å². The van der Waals surface area contributed by atoms with E-state index in [2.05, 4.69) is 21.2 Å². The molecule has 3 aromatic rings. The van der Waals surface area contributed by atoms with Gasteiger partial charge in [0.15, 0.2) is 6.61 Å². The Morgan fingerprint density at radius 3 is 2.32 bits per heavy atom. The standard InChI is InChI=1S/C26H25BrCl2N2O3/c1-17-13-19(11-12-21(17)27)34-16-25(32)31(15-20-22(28)9-6-10-23(20)29)24(26(33)30-2)14-18-7-4-3-5-8-18/h3-13,24H,14-16H2,1-2H3,(H,30,33)/t24-/m1/s1. The molecular formula is C26H25BrCl2N2O3. The number of likely N-dealkylation sites (N-methyl/N-ethyl adjacent to an activating group) is 1. The van der Waals surface area contributed by atoms with Gasteiger partial charge >= 0.3 is 0 Å². The zero-order valence-corrected chi connectivity index (χ0v) is 22.0. The molecule has 0 aliphatic rings. The van der Waals surface area contributed by atoms with Gasteiger partial charge in [-0.3, -0.25) is 9.59 Å². The lowest BCUT2D eigenvalue weighted by Crippen LogP contribution is -2.51. The predicted octanol–water partition coefficient (Wildman–Crippen LogP) is 5.83. The molecule has 2 amide bonds. The number of amides is 2. The van der Waals surface area contributed by atoms with E-state index in [9.17, 15) is 9.59 Å². The van der Waals surface area contributed by atoms with Gasteiger partial charge < -0.3 is 15.0 Å². The molecule has 1 atom stereocenters. The molecule has 3 rings (SSSR count). The van der Waals surface area contributed by atoms with Gasteiger partial charge in [0.1, 0.15) is 11.8 Å². The summed E-state index contributed by atoms with van der Waals surface area (Å²) in [6.45, 7) is 1.75. The Morgan fingerprint density at radius 1 is 1.03 bits per heavy atom. The number of nitrogens with zero attached hydrogens (tertiary/aromatic N) is 1. The molecule has 0 saturated carbocycles. The number of hydrogen-bond acceptors (Lipinski definition) is 3. The number of nitrogens with one attached hydrogen (secondary N) is 1. The molecule has 0 aliphatic carbocycles. The molecule has 0 spiro atoms. The van der Waals surface area contributed by atoms with E-state index in [1.807, 2.05) is 49.4 Å². The minimum absolute atomic E-state index is 0.0605. The number of carbonyl (C=O) groups is 2. The lowest BCUT2D eigenvalue weighted by Gasteiger charge is -2.31. The fourth-order valence-corrected chi connectivity index (χ4v) is 4.27. The molecule has 3 aromatic carbocycles. The summed E-state index contributed by atoms with van der Waals surface area (Å²) in [5.41, 5.74) is 2.47. The predicted molar refractivity (Wildman–Crippen MR) is 139 cm³/mol. The molecule has 0 saturated heterocycles. The van der Waals surface area contributed by atoms with E-state index in [4.69, 9.17) is 27.9 Å². The van der Waals surface area contributed by atoms with Gasteiger partial charge in [-0.1, -0.05) is 75.5 Å². The number of aryl methyl sites for hydroxylation is 1. The van der Waals surface area contributed by atoms with Crippen LogP contribution in [0, 0.1) is 6.92 Å². The highest BCUT2D eigenvalue weighted by atomic mass is 79.9. The molecule has 0 radical (unpaired) electrons. The second kappa shape index (κ2) is 12.2. The first-order chi connectivity index (χ1) is 16.3. The molecular weight excluding hydrogens is 539 g/mol. The highest BCUT2D eigenvalue weighted by molar-refractivity contribution is 9.10. The van der Waals surface area contributed by atoms with Crippen LogP contribution in [0.2, 0.25) is 10.0 Å². The van der Waals surface area contributed by atoms with E-state index in [1.54, 1.807) is 31.3 Å². The second-order valence-electron chi connectivity index (χ2n) is 7.74. The Kier molecular flexibility index (Phi) is 9.39. The van der Waals surface area contributed by atoms with Crippen molar-refractivity contribution in [1.29, 1.82) is 0 Å². The molecule has 0 bridgehead atoms. The highest BCUT2D eigenvalue weighted by Gasteiger charge is 2.31. The van der Waals surface area contributed by atoms with E-state index in [1.165, 1.54) is 4.90 Å². The molecule has 0 aliphatic heterocycles. The van der Waals surface area contributed by atoms with E-state index < -0.39 is 6.04 Å². The number of ether oxygens (including phenoxy) is 1. The summed E-state index contributed by atoms with van der Waals surface area (Å²) < 4.78 is 6.73. The molecule has 0 unspecified atom stereocenters. The van der Waals surface area contributed by atoms with Crippen LogP contribution in [0.3, 0.4) is 0 Å². The van der Waals surface area contributed by atoms with Crippen LogP contribution in [0.15, 0.2) is 71.2 Å². The first-order valence-electron chi connectivity index (χ1n) is 10.7. The minimum Gasteiger partial charge on any atom is -0.484 e. The van der Waals surface area contributed by atoms with Gasteiger partial charge in [-0.15, -0.1) is 0 Å². The van der Waals surface area contributed by atoms with Crippen molar-refractivity contribution in [2.45, 2.75) is 25.9 Å². The van der Waals surface area contributed by atoms with Gasteiger partial charge in [0.2, 0.25) is 5.91 Å². The third kappa shape index (κ3) is 6.75. The topological polar surface area (TPSA) is 58.6 Å². The average Bonchev–Trinajstić information content (AvgIpc) is 2.83. The summed E-state index contributed by atoms with van der Waals surface area (Å²) in [6, 6.07) is 19.4. The fraction of sp³-hybridized carbons (Fsp3) is 0.231. The Morgan fingerprint density at radius 2 is 1.71 bits per heavy atom. The Bertz CT molecular complexity index is 1140. The Labute approximate surface area is 218 Å². The van der Waals surface area contributed by atoms with Crippen molar-refractivity contribution in [2.75, 3.05) is 13.7 Å². The smallest absolute Gasteiger partial charge is 0.261 e. The van der Waals surface area contributed by atoms with E-state index in [0.717, 1.165) is 15.6 Å². The third-order valence-corrected chi connectivity index (χ3v) is 7.00. The summed E-state index contributed by atoms with van der Waals surface area (Å²) in [6.07, 6.45) is 0.325. The lowest BCUT2D eigenvalue weighted by molar-refractivity contribution is -0.142. The van der Waals surface area contributed by atoms with Crippen LogP contribution in [-0.4, -0.2) is 36.4 Å². The first-order valence-corrected chi connectivity index (χ1v) is 12.2. The number of halogens is 3. The zero-order valence-electron chi connectivity index (χ0n) is 18.9. The van der Waals surface area contributed by atoms with Gasteiger partial charge in [0.05, 0.1) is 0 Å². The Balaban J connectivity index is 1.92. The van der Waals surface area contributed by atoms with Gasteiger partial charge in [0, 0.05) is 40.1 Å². The molecule has 1 N–H and O–H groups in total. The van der Waals surface area contributed by atoms with Crippen molar-refractivity contribution < 1.29 is 14.3 Å². The summed E-state index contributed by atoms with van der Waals surface area (Å²) in [4.78, 5) is 27.9. The molecule has 0 heterocycles. The van der Waals surface area contributed by atoms with Crippen molar-refractivity contribution in [3.05, 3.63) is 97.9 Å². The van der Waals surface area contributed by atoms with E-state index in [0.29, 0.717) is 27.8 Å². The van der Waals surface area contributed by atoms with Crippen LogP contribution in [0.1, 0.15) is 16.7 Å². The normalized spacial score (nSPS) is 11.6.